The number of amides is 1. The summed E-state index contributed by atoms with van der Waals surface area (Å²) < 4.78 is 1.95. The third kappa shape index (κ3) is 5.20. The molecule has 130 valence electrons. The molecule has 1 atom stereocenters. The lowest BCUT2D eigenvalue weighted by Crippen LogP contribution is -2.32. The molecule has 1 aromatic heterocycles. The lowest BCUT2D eigenvalue weighted by atomic mass is 10.1. The molecule has 0 saturated carbocycles. The van der Waals surface area contributed by atoms with E-state index in [1.165, 1.54) is 0 Å². The van der Waals surface area contributed by atoms with E-state index in [4.69, 9.17) is 0 Å². The van der Waals surface area contributed by atoms with Crippen LogP contribution in [-0.2, 0) is 6.54 Å². The number of aliphatic hydroxyl groups is 1. The van der Waals surface area contributed by atoms with Gasteiger partial charge in [0, 0.05) is 17.8 Å². The fraction of sp³-hybridized carbons (Fsp3) is 0.474. The number of hydrogen-bond donors (Lipinski definition) is 2. The summed E-state index contributed by atoms with van der Waals surface area (Å²) in [7, 11) is 0. The Morgan fingerprint density at radius 3 is 2.46 bits per heavy atom. The predicted molar refractivity (Wildman–Crippen MR) is 95.0 cm³/mol. The van der Waals surface area contributed by atoms with Gasteiger partial charge in [0.1, 0.15) is 0 Å². The van der Waals surface area contributed by atoms with Gasteiger partial charge in [-0.3, -0.25) is 9.48 Å². The van der Waals surface area contributed by atoms with Crippen LogP contribution in [0.25, 0.3) is 0 Å². The average Bonchev–Trinajstić information content (AvgIpc) is 2.82. The van der Waals surface area contributed by atoms with Crippen molar-refractivity contribution < 1.29 is 9.90 Å². The van der Waals surface area contributed by atoms with Gasteiger partial charge in [-0.2, -0.15) is 5.10 Å². The van der Waals surface area contributed by atoms with Gasteiger partial charge in [0.2, 0.25) is 0 Å². The van der Waals surface area contributed by atoms with Gasteiger partial charge in [-0.05, 0) is 49.9 Å². The van der Waals surface area contributed by atoms with Crippen molar-refractivity contribution >= 4 is 5.91 Å². The Morgan fingerprint density at radius 1 is 1.25 bits per heavy atom. The number of carbonyl (C=O) groups is 1. The SMILES string of the molecule is Cc1cc(C)n(Cc2ccc(C(=O)NCC(O)CC(C)C)cc2)n1. The second-order valence-corrected chi connectivity index (χ2v) is 6.78. The molecule has 0 spiro atoms. The van der Waals surface area contributed by atoms with E-state index in [1.54, 1.807) is 0 Å². The molecule has 0 saturated heterocycles. The molecule has 5 heteroatoms. The molecule has 0 bridgehead atoms. The van der Waals surface area contributed by atoms with Crippen LogP contribution in [0.15, 0.2) is 30.3 Å². The first-order valence-corrected chi connectivity index (χ1v) is 8.41. The molecule has 1 amide bonds. The van der Waals surface area contributed by atoms with Crippen molar-refractivity contribution in [3.8, 4) is 0 Å². The van der Waals surface area contributed by atoms with E-state index in [1.807, 2.05) is 62.7 Å². The second kappa shape index (κ2) is 8.11. The molecule has 1 heterocycles. The number of carbonyl (C=O) groups excluding carboxylic acids is 1. The van der Waals surface area contributed by atoms with E-state index in [0.717, 1.165) is 17.0 Å². The lowest BCUT2D eigenvalue weighted by Gasteiger charge is -2.14. The second-order valence-electron chi connectivity index (χ2n) is 6.78. The van der Waals surface area contributed by atoms with Crippen molar-refractivity contribution in [3.05, 3.63) is 52.8 Å². The number of nitrogens with zero attached hydrogens (tertiary/aromatic N) is 2. The van der Waals surface area contributed by atoms with Gasteiger partial charge in [0.05, 0.1) is 18.3 Å². The van der Waals surface area contributed by atoms with Crippen LogP contribution in [0.3, 0.4) is 0 Å². The molecule has 0 radical (unpaired) electrons. The smallest absolute Gasteiger partial charge is 0.251 e. The van der Waals surface area contributed by atoms with Crippen molar-refractivity contribution in [2.75, 3.05) is 6.54 Å². The van der Waals surface area contributed by atoms with Crippen LogP contribution in [-0.4, -0.2) is 33.4 Å². The molecule has 2 rings (SSSR count). The van der Waals surface area contributed by atoms with Crippen molar-refractivity contribution in [1.29, 1.82) is 0 Å². The quantitative estimate of drug-likeness (QED) is 0.821. The highest BCUT2D eigenvalue weighted by Crippen LogP contribution is 2.10. The number of rotatable bonds is 7. The summed E-state index contributed by atoms with van der Waals surface area (Å²) in [4.78, 5) is 12.1. The Bertz CT molecular complexity index is 674. The minimum absolute atomic E-state index is 0.157. The molecule has 1 aromatic carbocycles. The van der Waals surface area contributed by atoms with E-state index in [2.05, 4.69) is 10.4 Å². The van der Waals surface area contributed by atoms with Crippen molar-refractivity contribution in [2.45, 2.75) is 46.8 Å². The normalized spacial score (nSPS) is 12.4. The van der Waals surface area contributed by atoms with E-state index in [0.29, 0.717) is 24.4 Å². The number of aromatic nitrogens is 2. The van der Waals surface area contributed by atoms with Gasteiger partial charge < -0.3 is 10.4 Å². The number of aliphatic hydroxyl groups excluding tert-OH is 1. The lowest BCUT2D eigenvalue weighted by molar-refractivity contribution is 0.0900. The van der Waals surface area contributed by atoms with Crippen molar-refractivity contribution in [3.63, 3.8) is 0 Å². The minimum atomic E-state index is -0.501. The molecule has 0 aliphatic rings. The van der Waals surface area contributed by atoms with Crippen molar-refractivity contribution in [2.24, 2.45) is 5.92 Å². The Labute approximate surface area is 143 Å². The summed E-state index contributed by atoms with van der Waals surface area (Å²) in [6.07, 6.45) is 0.182. The molecular weight excluding hydrogens is 302 g/mol. The van der Waals surface area contributed by atoms with Crippen LogP contribution >= 0.6 is 0 Å². The Hall–Kier alpha value is -2.14. The fourth-order valence-corrected chi connectivity index (χ4v) is 2.71. The topological polar surface area (TPSA) is 67.2 Å². The third-order valence-corrected chi connectivity index (χ3v) is 3.89. The summed E-state index contributed by atoms with van der Waals surface area (Å²) in [5.41, 5.74) is 3.82. The monoisotopic (exact) mass is 329 g/mol. The predicted octanol–water partition coefficient (Wildman–Crippen LogP) is 2.69. The van der Waals surface area contributed by atoms with E-state index in [9.17, 15) is 9.90 Å². The first-order chi connectivity index (χ1) is 11.3. The summed E-state index contributed by atoms with van der Waals surface area (Å²) in [6.45, 7) is 9.08. The molecule has 2 aromatic rings. The Morgan fingerprint density at radius 2 is 1.92 bits per heavy atom. The average molecular weight is 329 g/mol. The first kappa shape index (κ1) is 18.2. The number of hydrogen-bond acceptors (Lipinski definition) is 3. The zero-order valence-corrected chi connectivity index (χ0v) is 14.9. The maximum atomic E-state index is 12.1. The molecule has 5 nitrogen and oxygen atoms in total. The van der Waals surface area contributed by atoms with E-state index >= 15 is 0 Å². The summed E-state index contributed by atoms with van der Waals surface area (Å²) in [5, 5.41) is 17.1. The maximum absolute atomic E-state index is 12.1. The van der Waals surface area contributed by atoms with Crippen LogP contribution in [0.4, 0.5) is 0 Å². The summed E-state index contributed by atoms with van der Waals surface area (Å²) >= 11 is 0. The molecule has 24 heavy (non-hydrogen) atoms. The molecule has 1 unspecified atom stereocenters. The van der Waals surface area contributed by atoms with Crippen molar-refractivity contribution in [1.82, 2.24) is 15.1 Å². The van der Waals surface area contributed by atoms with Crippen LogP contribution in [0.5, 0.6) is 0 Å². The molecule has 2 N–H and O–H groups in total. The highest BCUT2D eigenvalue weighted by molar-refractivity contribution is 5.94. The maximum Gasteiger partial charge on any atom is 0.251 e. The van der Waals surface area contributed by atoms with E-state index < -0.39 is 6.10 Å². The van der Waals surface area contributed by atoms with Gasteiger partial charge in [-0.25, -0.2) is 0 Å². The minimum Gasteiger partial charge on any atom is -0.391 e. The number of nitrogens with one attached hydrogen (secondary N) is 1. The number of benzene rings is 1. The molecular formula is C19H27N3O2. The van der Waals surface area contributed by atoms with E-state index in [-0.39, 0.29) is 12.5 Å². The van der Waals surface area contributed by atoms with Crippen LogP contribution < -0.4 is 5.32 Å². The third-order valence-electron chi connectivity index (χ3n) is 3.89. The van der Waals surface area contributed by atoms with Gasteiger partial charge in [0.15, 0.2) is 0 Å². The largest absolute Gasteiger partial charge is 0.391 e. The number of aryl methyl sites for hydroxylation is 2. The zero-order chi connectivity index (χ0) is 17.7. The fourth-order valence-electron chi connectivity index (χ4n) is 2.71. The van der Waals surface area contributed by atoms with Gasteiger partial charge in [-0.1, -0.05) is 26.0 Å². The zero-order valence-electron chi connectivity index (χ0n) is 14.9. The van der Waals surface area contributed by atoms with Gasteiger partial charge in [0.25, 0.3) is 5.91 Å². The molecule has 0 aliphatic carbocycles. The standard InChI is InChI=1S/C19H27N3O2/c1-13(2)9-18(23)11-20-19(24)17-7-5-16(6-8-17)12-22-15(4)10-14(3)21-22/h5-8,10,13,18,23H,9,11-12H2,1-4H3,(H,20,24). The molecule has 0 aliphatic heterocycles. The van der Waals surface area contributed by atoms with Crippen LogP contribution in [0.1, 0.15) is 47.6 Å². The van der Waals surface area contributed by atoms with Gasteiger partial charge >= 0.3 is 0 Å². The summed E-state index contributed by atoms with van der Waals surface area (Å²) in [6, 6.07) is 9.55. The van der Waals surface area contributed by atoms with Gasteiger partial charge in [-0.15, -0.1) is 0 Å². The Kier molecular flexibility index (Phi) is 6.15. The first-order valence-electron chi connectivity index (χ1n) is 8.41. The Balaban J connectivity index is 1.91. The van der Waals surface area contributed by atoms with Crippen LogP contribution in [0, 0.1) is 19.8 Å². The van der Waals surface area contributed by atoms with Crippen LogP contribution in [0.2, 0.25) is 0 Å². The highest BCUT2D eigenvalue weighted by atomic mass is 16.3. The highest BCUT2D eigenvalue weighted by Gasteiger charge is 2.11. The summed E-state index contributed by atoms with van der Waals surface area (Å²) in [5.74, 6) is 0.251. The molecule has 0 fully saturated rings.